The summed E-state index contributed by atoms with van der Waals surface area (Å²) in [6, 6.07) is 13.9. The number of hydrogen-bond acceptors (Lipinski definition) is 4. The maximum absolute atomic E-state index is 13.7. The molecule has 0 saturated carbocycles. The number of hydrogen-bond donors (Lipinski definition) is 1. The summed E-state index contributed by atoms with van der Waals surface area (Å²) in [5, 5.41) is 16.0. The SMILES string of the molecule is N#Cc1ccc(F)c(CNc2ccc(-n3cncn3)cc2)c1. The molecule has 1 N–H and O–H groups in total. The van der Waals surface area contributed by atoms with Gasteiger partial charge in [-0.05, 0) is 42.5 Å². The van der Waals surface area contributed by atoms with E-state index in [-0.39, 0.29) is 5.82 Å². The lowest BCUT2D eigenvalue weighted by Gasteiger charge is -2.09. The first-order chi connectivity index (χ1) is 10.8. The summed E-state index contributed by atoms with van der Waals surface area (Å²) in [4.78, 5) is 3.89. The van der Waals surface area contributed by atoms with E-state index in [0.29, 0.717) is 17.7 Å². The van der Waals surface area contributed by atoms with E-state index in [4.69, 9.17) is 5.26 Å². The third kappa shape index (κ3) is 2.94. The van der Waals surface area contributed by atoms with Gasteiger partial charge < -0.3 is 5.32 Å². The highest BCUT2D eigenvalue weighted by atomic mass is 19.1. The molecule has 3 rings (SSSR count). The summed E-state index contributed by atoms with van der Waals surface area (Å²) >= 11 is 0. The predicted octanol–water partition coefficient (Wildman–Crippen LogP) is 2.89. The Morgan fingerprint density at radius 1 is 1.18 bits per heavy atom. The highest BCUT2D eigenvalue weighted by Crippen LogP contribution is 2.15. The number of nitriles is 1. The summed E-state index contributed by atoms with van der Waals surface area (Å²) in [6.45, 7) is 0.310. The minimum Gasteiger partial charge on any atom is -0.381 e. The first-order valence-electron chi connectivity index (χ1n) is 6.64. The van der Waals surface area contributed by atoms with Crippen LogP contribution in [0.4, 0.5) is 10.1 Å². The molecule has 0 aliphatic heterocycles. The number of nitrogens with one attached hydrogen (secondary N) is 1. The molecule has 0 amide bonds. The van der Waals surface area contributed by atoms with Gasteiger partial charge in [-0.25, -0.2) is 14.1 Å². The topological polar surface area (TPSA) is 66.5 Å². The molecule has 1 aromatic heterocycles. The summed E-state index contributed by atoms with van der Waals surface area (Å²) in [7, 11) is 0. The number of aromatic nitrogens is 3. The Morgan fingerprint density at radius 3 is 2.68 bits per heavy atom. The average molecular weight is 293 g/mol. The molecule has 0 bridgehead atoms. The van der Waals surface area contributed by atoms with Crippen molar-refractivity contribution in [1.29, 1.82) is 5.26 Å². The van der Waals surface area contributed by atoms with Gasteiger partial charge in [0, 0.05) is 17.8 Å². The second kappa shape index (κ2) is 6.06. The fraction of sp³-hybridized carbons (Fsp3) is 0.0625. The third-order valence-corrected chi connectivity index (χ3v) is 3.21. The quantitative estimate of drug-likeness (QED) is 0.803. The lowest BCUT2D eigenvalue weighted by atomic mass is 10.1. The second-order valence-electron chi connectivity index (χ2n) is 4.66. The molecule has 0 spiro atoms. The van der Waals surface area contributed by atoms with Crippen LogP contribution in [0.1, 0.15) is 11.1 Å². The molecule has 2 aromatic carbocycles. The van der Waals surface area contributed by atoms with Gasteiger partial charge in [0.25, 0.3) is 0 Å². The van der Waals surface area contributed by atoms with Gasteiger partial charge in [-0.2, -0.15) is 10.4 Å². The molecule has 6 heteroatoms. The van der Waals surface area contributed by atoms with Gasteiger partial charge in [0.05, 0.1) is 17.3 Å². The van der Waals surface area contributed by atoms with E-state index in [1.807, 2.05) is 30.3 Å². The van der Waals surface area contributed by atoms with Crippen molar-refractivity contribution >= 4 is 5.69 Å². The van der Waals surface area contributed by atoms with Crippen LogP contribution in [0, 0.1) is 17.1 Å². The lowest BCUT2D eigenvalue weighted by Crippen LogP contribution is -2.02. The van der Waals surface area contributed by atoms with Crippen LogP contribution in [0.15, 0.2) is 55.1 Å². The van der Waals surface area contributed by atoms with E-state index in [9.17, 15) is 4.39 Å². The number of halogens is 1. The maximum Gasteiger partial charge on any atom is 0.138 e. The summed E-state index contributed by atoms with van der Waals surface area (Å²) < 4.78 is 15.3. The first kappa shape index (κ1) is 13.8. The van der Waals surface area contributed by atoms with E-state index in [2.05, 4.69) is 15.4 Å². The van der Waals surface area contributed by atoms with Gasteiger partial charge in [-0.1, -0.05) is 0 Å². The molecule has 0 radical (unpaired) electrons. The van der Waals surface area contributed by atoms with E-state index in [1.165, 1.54) is 18.5 Å². The van der Waals surface area contributed by atoms with Crippen LogP contribution in [-0.2, 0) is 6.54 Å². The van der Waals surface area contributed by atoms with E-state index < -0.39 is 0 Å². The molecular weight excluding hydrogens is 281 g/mol. The molecule has 1 heterocycles. The van der Waals surface area contributed by atoms with Gasteiger partial charge in [0.1, 0.15) is 18.5 Å². The van der Waals surface area contributed by atoms with Crippen LogP contribution in [-0.4, -0.2) is 14.8 Å². The van der Waals surface area contributed by atoms with Crippen LogP contribution >= 0.6 is 0 Å². The van der Waals surface area contributed by atoms with Gasteiger partial charge >= 0.3 is 0 Å². The summed E-state index contributed by atoms with van der Waals surface area (Å²) in [6.07, 6.45) is 3.09. The Bertz CT molecular complexity index is 804. The van der Waals surface area contributed by atoms with Gasteiger partial charge in [-0.15, -0.1) is 0 Å². The zero-order chi connectivity index (χ0) is 15.4. The van der Waals surface area contributed by atoms with Crippen molar-refractivity contribution in [3.8, 4) is 11.8 Å². The molecule has 108 valence electrons. The average Bonchev–Trinajstić information content (AvgIpc) is 3.09. The first-order valence-corrected chi connectivity index (χ1v) is 6.64. The molecule has 0 aliphatic carbocycles. The van der Waals surface area contributed by atoms with E-state index in [1.54, 1.807) is 17.1 Å². The van der Waals surface area contributed by atoms with Gasteiger partial charge in [0.15, 0.2) is 0 Å². The van der Waals surface area contributed by atoms with Crippen molar-refractivity contribution in [2.45, 2.75) is 6.54 Å². The fourth-order valence-corrected chi connectivity index (χ4v) is 2.05. The van der Waals surface area contributed by atoms with Crippen molar-refractivity contribution in [2.75, 3.05) is 5.32 Å². The molecule has 22 heavy (non-hydrogen) atoms. The smallest absolute Gasteiger partial charge is 0.138 e. The monoisotopic (exact) mass is 293 g/mol. The van der Waals surface area contributed by atoms with Crippen molar-refractivity contribution in [3.05, 3.63) is 72.1 Å². The predicted molar refractivity (Wildman–Crippen MR) is 79.8 cm³/mol. The Morgan fingerprint density at radius 2 is 2.00 bits per heavy atom. The van der Waals surface area contributed by atoms with E-state index >= 15 is 0 Å². The molecule has 0 aliphatic rings. The van der Waals surface area contributed by atoms with E-state index in [0.717, 1.165) is 11.4 Å². The van der Waals surface area contributed by atoms with Crippen molar-refractivity contribution < 1.29 is 4.39 Å². The Balaban J connectivity index is 1.71. The van der Waals surface area contributed by atoms with Gasteiger partial charge in [0.2, 0.25) is 0 Å². The van der Waals surface area contributed by atoms with Crippen molar-refractivity contribution in [2.24, 2.45) is 0 Å². The van der Waals surface area contributed by atoms with Gasteiger partial charge in [-0.3, -0.25) is 0 Å². The minimum atomic E-state index is -0.328. The minimum absolute atomic E-state index is 0.310. The Hall–Kier alpha value is -3.20. The second-order valence-corrected chi connectivity index (χ2v) is 4.66. The number of anilines is 1. The Labute approximate surface area is 126 Å². The number of benzene rings is 2. The standard InChI is InChI=1S/C16H12FN5/c17-16-6-1-12(8-18)7-13(16)9-20-14-2-4-15(5-3-14)22-11-19-10-21-22/h1-7,10-11,20H,9H2. The number of nitrogens with zero attached hydrogens (tertiary/aromatic N) is 4. The van der Waals surface area contributed by atoms with Crippen LogP contribution in [0.25, 0.3) is 5.69 Å². The normalized spacial score (nSPS) is 10.2. The summed E-state index contributed by atoms with van der Waals surface area (Å²) in [5.74, 6) is -0.328. The molecule has 0 fully saturated rings. The Kier molecular flexibility index (Phi) is 3.79. The molecule has 3 aromatic rings. The molecule has 0 saturated heterocycles. The zero-order valence-electron chi connectivity index (χ0n) is 11.6. The highest BCUT2D eigenvalue weighted by molar-refractivity contribution is 5.49. The summed E-state index contributed by atoms with van der Waals surface area (Å²) in [5.41, 5.74) is 2.64. The van der Waals surface area contributed by atoms with Crippen LogP contribution in [0.2, 0.25) is 0 Å². The largest absolute Gasteiger partial charge is 0.381 e. The third-order valence-electron chi connectivity index (χ3n) is 3.21. The lowest BCUT2D eigenvalue weighted by molar-refractivity contribution is 0.612. The molecule has 5 nitrogen and oxygen atoms in total. The highest BCUT2D eigenvalue weighted by Gasteiger charge is 2.04. The van der Waals surface area contributed by atoms with Crippen LogP contribution < -0.4 is 5.32 Å². The van der Waals surface area contributed by atoms with Crippen molar-refractivity contribution in [3.63, 3.8) is 0 Å². The molecule has 0 atom stereocenters. The molecule has 0 unspecified atom stereocenters. The van der Waals surface area contributed by atoms with Crippen LogP contribution in [0.5, 0.6) is 0 Å². The van der Waals surface area contributed by atoms with Crippen molar-refractivity contribution in [1.82, 2.24) is 14.8 Å². The molecular formula is C16H12FN5. The van der Waals surface area contributed by atoms with Crippen LogP contribution in [0.3, 0.4) is 0 Å². The maximum atomic E-state index is 13.7. The zero-order valence-corrected chi connectivity index (χ0v) is 11.6. The number of rotatable bonds is 4. The fourth-order valence-electron chi connectivity index (χ4n) is 2.05.